The van der Waals surface area contributed by atoms with E-state index in [1.807, 2.05) is 18.2 Å². The third kappa shape index (κ3) is 5.22. The minimum Gasteiger partial charge on any atom is -0.485 e. The average Bonchev–Trinajstić information content (AvgIpc) is 3.21. The van der Waals surface area contributed by atoms with E-state index in [2.05, 4.69) is 15.5 Å². The summed E-state index contributed by atoms with van der Waals surface area (Å²) in [6, 6.07) is 16.9. The maximum Gasteiger partial charge on any atom is 0.255 e. The number of nitrogens with one attached hydrogen (secondary N) is 1. The number of amides is 1. The van der Waals surface area contributed by atoms with Gasteiger partial charge < -0.3 is 19.1 Å². The lowest BCUT2D eigenvalue weighted by Crippen LogP contribution is -2.21. The van der Waals surface area contributed by atoms with Crippen LogP contribution in [0.15, 0.2) is 76.2 Å². The highest BCUT2D eigenvalue weighted by Crippen LogP contribution is 2.17. The van der Waals surface area contributed by atoms with Gasteiger partial charge in [-0.2, -0.15) is 4.98 Å². The Balaban J connectivity index is 1.41. The first-order chi connectivity index (χ1) is 15.5. The molecule has 0 atom stereocenters. The van der Waals surface area contributed by atoms with E-state index in [-0.39, 0.29) is 18.1 Å². The van der Waals surface area contributed by atoms with Crippen LogP contribution in [0.1, 0.15) is 27.6 Å². The maximum absolute atomic E-state index is 12.6. The van der Waals surface area contributed by atoms with E-state index in [4.69, 9.17) is 20.9 Å². The first kappa shape index (κ1) is 21.3. The molecule has 9 heteroatoms. The molecular formula is C23H19ClN4O4. The van der Waals surface area contributed by atoms with Gasteiger partial charge in [0.15, 0.2) is 6.61 Å². The van der Waals surface area contributed by atoms with Gasteiger partial charge >= 0.3 is 0 Å². The third-order valence-electron chi connectivity index (χ3n) is 4.59. The molecule has 0 saturated carbocycles. The highest BCUT2D eigenvalue weighted by atomic mass is 35.5. The molecule has 8 nitrogen and oxygen atoms in total. The fourth-order valence-corrected chi connectivity index (χ4v) is 3.19. The highest BCUT2D eigenvalue weighted by molar-refractivity contribution is 6.31. The Morgan fingerprint density at radius 1 is 1.12 bits per heavy atom. The number of hydrogen-bond donors (Lipinski definition) is 1. The molecule has 0 aliphatic rings. The van der Waals surface area contributed by atoms with Gasteiger partial charge in [0.2, 0.25) is 11.7 Å². The molecule has 162 valence electrons. The number of ether oxygens (including phenoxy) is 1. The monoisotopic (exact) mass is 450 g/mol. The van der Waals surface area contributed by atoms with Gasteiger partial charge in [0.05, 0.1) is 12.2 Å². The zero-order chi connectivity index (χ0) is 22.5. The molecule has 1 N–H and O–H groups in total. The second kappa shape index (κ2) is 9.49. The summed E-state index contributed by atoms with van der Waals surface area (Å²) in [4.78, 5) is 28.9. The van der Waals surface area contributed by atoms with Crippen molar-refractivity contribution < 1.29 is 14.1 Å². The molecule has 2 aromatic heterocycles. The number of halogens is 1. The molecule has 1 amide bonds. The van der Waals surface area contributed by atoms with Crippen LogP contribution < -0.4 is 15.6 Å². The van der Waals surface area contributed by atoms with E-state index >= 15 is 0 Å². The molecule has 0 saturated heterocycles. The van der Waals surface area contributed by atoms with Gasteiger partial charge in [0.1, 0.15) is 5.75 Å². The van der Waals surface area contributed by atoms with Crippen LogP contribution in [-0.4, -0.2) is 20.6 Å². The Morgan fingerprint density at radius 3 is 2.62 bits per heavy atom. The molecule has 2 heterocycles. The van der Waals surface area contributed by atoms with Gasteiger partial charge in [-0.25, -0.2) is 0 Å². The second-order valence-corrected chi connectivity index (χ2v) is 7.38. The van der Waals surface area contributed by atoms with Crippen LogP contribution in [0.3, 0.4) is 0 Å². The number of rotatable bonds is 7. The summed E-state index contributed by atoms with van der Waals surface area (Å²) in [6.45, 7) is 2.16. The normalized spacial score (nSPS) is 10.7. The molecule has 4 aromatic rings. The summed E-state index contributed by atoms with van der Waals surface area (Å²) in [6.07, 6.45) is 1.59. The number of anilines is 1. The number of carbonyl (C=O) groups excluding carboxylic acids is 1. The molecule has 32 heavy (non-hydrogen) atoms. The van der Waals surface area contributed by atoms with E-state index in [1.165, 1.54) is 10.6 Å². The van der Waals surface area contributed by atoms with Crippen LogP contribution in [0, 0.1) is 6.92 Å². The quantitative estimate of drug-likeness (QED) is 0.455. The molecule has 0 aliphatic heterocycles. The van der Waals surface area contributed by atoms with Gasteiger partial charge in [-0.1, -0.05) is 35.0 Å². The Labute approximate surface area is 188 Å². The van der Waals surface area contributed by atoms with Crippen LogP contribution in [0.4, 0.5) is 5.69 Å². The second-order valence-electron chi connectivity index (χ2n) is 6.97. The van der Waals surface area contributed by atoms with E-state index in [0.717, 1.165) is 5.56 Å². The summed E-state index contributed by atoms with van der Waals surface area (Å²) in [7, 11) is 0. The van der Waals surface area contributed by atoms with E-state index in [0.29, 0.717) is 40.3 Å². The molecule has 0 spiro atoms. The fraction of sp³-hybridized carbons (Fsp3) is 0.130. The minimum atomic E-state index is -0.312. The lowest BCUT2D eigenvalue weighted by atomic mass is 10.2. The zero-order valence-electron chi connectivity index (χ0n) is 17.1. The van der Waals surface area contributed by atoms with Crippen LogP contribution in [0.2, 0.25) is 5.02 Å². The van der Waals surface area contributed by atoms with Crippen molar-refractivity contribution in [3.05, 3.63) is 105 Å². The Kier molecular flexibility index (Phi) is 6.32. The molecule has 0 radical (unpaired) electrons. The summed E-state index contributed by atoms with van der Waals surface area (Å²) < 4.78 is 12.0. The number of hydrogen-bond acceptors (Lipinski definition) is 6. The molecule has 0 unspecified atom stereocenters. The number of pyridine rings is 1. The van der Waals surface area contributed by atoms with Gasteiger partial charge in [0, 0.05) is 29.8 Å². The molecule has 2 aromatic carbocycles. The number of aromatic nitrogens is 3. The molecule has 0 fully saturated rings. The van der Waals surface area contributed by atoms with Gasteiger partial charge in [-0.3, -0.25) is 9.59 Å². The molecular weight excluding hydrogens is 432 g/mol. The number of benzene rings is 2. The molecule has 0 aliphatic carbocycles. The predicted molar refractivity (Wildman–Crippen MR) is 119 cm³/mol. The van der Waals surface area contributed by atoms with Crippen molar-refractivity contribution in [2.45, 2.75) is 20.1 Å². The Morgan fingerprint density at radius 2 is 1.91 bits per heavy atom. The van der Waals surface area contributed by atoms with Gasteiger partial charge in [-0.15, -0.1) is 0 Å². The van der Waals surface area contributed by atoms with Crippen LogP contribution in [0.5, 0.6) is 5.75 Å². The van der Waals surface area contributed by atoms with E-state index < -0.39 is 0 Å². The smallest absolute Gasteiger partial charge is 0.255 e. The Hall–Kier alpha value is -3.91. The van der Waals surface area contributed by atoms with Crippen molar-refractivity contribution in [2.24, 2.45) is 0 Å². The van der Waals surface area contributed by atoms with Crippen molar-refractivity contribution in [3.8, 4) is 5.75 Å². The van der Waals surface area contributed by atoms with Crippen molar-refractivity contribution in [1.29, 1.82) is 0 Å². The average molecular weight is 451 g/mol. The minimum absolute atomic E-state index is 0.163. The first-order valence-corrected chi connectivity index (χ1v) is 10.1. The topological polar surface area (TPSA) is 99.2 Å². The van der Waals surface area contributed by atoms with Crippen LogP contribution >= 0.6 is 11.6 Å². The highest BCUT2D eigenvalue weighted by Gasteiger charge is 2.09. The Bertz CT molecular complexity index is 1300. The summed E-state index contributed by atoms with van der Waals surface area (Å²) in [5.41, 5.74) is 1.55. The van der Waals surface area contributed by atoms with Crippen molar-refractivity contribution in [2.75, 3.05) is 5.32 Å². The van der Waals surface area contributed by atoms with Crippen molar-refractivity contribution in [3.63, 3.8) is 0 Å². The van der Waals surface area contributed by atoms with Crippen LogP contribution in [0.25, 0.3) is 0 Å². The van der Waals surface area contributed by atoms with Crippen molar-refractivity contribution >= 4 is 23.2 Å². The largest absolute Gasteiger partial charge is 0.485 e. The fourth-order valence-electron chi connectivity index (χ4n) is 2.99. The predicted octanol–water partition coefficient (Wildman–Crippen LogP) is 4.07. The first-order valence-electron chi connectivity index (χ1n) is 9.75. The van der Waals surface area contributed by atoms with Gasteiger partial charge in [-0.05, 0) is 42.0 Å². The lowest BCUT2D eigenvalue weighted by Gasteiger charge is -2.11. The SMILES string of the molecule is Cc1nc(COc2ccc(C(=O)Nc3ccc(=O)n(Cc4ccccc4Cl)c3)cc2)no1. The number of nitrogens with zero attached hydrogens (tertiary/aromatic N) is 3. The zero-order valence-corrected chi connectivity index (χ0v) is 17.9. The number of aryl methyl sites for hydroxylation is 1. The standard InChI is InChI=1S/C23H19ClN4O4/c1-15-25-21(27-32-15)14-31-19-9-6-16(7-10-19)23(30)26-18-8-11-22(29)28(13-18)12-17-4-2-3-5-20(17)24/h2-11,13H,12,14H2,1H3,(H,26,30). The molecule has 0 bridgehead atoms. The summed E-state index contributed by atoms with van der Waals surface area (Å²) in [5.74, 6) is 1.16. The number of carbonyl (C=O) groups is 1. The lowest BCUT2D eigenvalue weighted by molar-refractivity contribution is 0.102. The van der Waals surface area contributed by atoms with Crippen molar-refractivity contribution in [1.82, 2.24) is 14.7 Å². The van der Waals surface area contributed by atoms with E-state index in [1.54, 1.807) is 49.5 Å². The third-order valence-corrected chi connectivity index (χ3v) is 4.96. The molecule has 4 rings (SSSR count). The van der Waals surface area contributed by atoms with Crippen LogP contribution in [-0.2, 0) is 13.2 Å². The summed E-state index contributed by atoms with van der Waals surface area (Å²) >= 11 is 6.19. The van der Waals surface area contributed by atoms with Gasteiger partial charge in [0.25, 0.3) is 11.5 Å². The summed E-state index contributed by atoms with van der Waals surface area (Å²) in [5, 5.41) is 7.14. The maximum atomic E-state index is 12.6. The van der Waals surface area contributed by atoms with E-state index in [9.17, 15) is 9.59 Å².